The molecule has 3 atom stereocenters. The molecule has 0 saturated heterocycles. The molecule has 18 heavy (non-hydrogen) atoms. The Hall–Kier alpha value is -0.860. The third-order valence-corrected chi connectivity index (χ3v) is 4.00. The van der Waals surface area contributed by atoms with Crippen molar-refractivity contribution < 1.29 is 0 Å². The van der Waals surface area contributed by atoms with Gasteiger partial charge in [0.15, 0.2) is 0 Å². The van der Waals surface area contributed by atoms with Crippen molar-refractivity contribution in [3.05, 3.63) is 35.9 Å². The molecule has 0 saturated carbocycles. The summed E-state index contributed by atoms with van der Waals surface area (Å²) >= 11 is 0. The molecule has 0 amide bonds. The Bertz CT molecular complexity index is 323. The van der Waals surface area contributed by atoms with Crippen LogP contribution in [0.5, 0.6) is 0 Å². The summed E-state index contributed by atoms with van der Waals surface area (Å²) in [5.41, 5.74) is 1.36. The number of benzene rings is 1. The van der Waals surface area contributed by atoms with Crippen LogP contribution in [-0.4, -0.2) is 31.1 Å². The Balaban J connectivity index is 2.76. The van der Waals surface area contributed by atoms with E-state index in [9.17, 15) is 0 Å². The molecule has 0 bridgehead atoms. The Morgan fingerprint density at radius 1 is 1.17 bits per heavy atom. The fourth-order valence-electron chi connectivity index (χ4n) is 2.60. The van der Waals surface area contributed by atoms with Crippen LogP contribution in [-0.2, 0) is 0 Å². The summed E-state index contributed by atoms with van der Waals surface area (Å²) in [4.78, 5) is 2.48. The van der Waals surface area contributed by atoms with Crippen molar-refractivity contribution in [3.63, 3.8) is 0 Å². The molecule has 0 aliphatic rings. The van der Waals surface area contributed by atoms with Crippen molar-refractivity contribution in [2.75, 3.05) is 14.1 Å². The molecule has 2 nitrogen and oxygen atoms in total. The van der Waals surface area contributed by atoms with E-state index in [0.717, 1.165) is 0 Å². The maximum atomic E-state index is 3.45. The molecule has 0 fully saturated rings. The second kappa shape index (κ2) is 7.55. The number of nitrogens with one attached hydrogen (secondary N) is 1. The molecule has 0 radical (unpaired) electrons. The summed E-state index contributed by atoms with van der Waals surface area (Å²) in [5.74, 6) is 0. The lowest BCUT2D eigenvalue weighted by molar-refractivity contribution is 0.154. The third-order valence-electron chi connectivity index (χ3n) is 4.00. The van der Waals surface area contributed by atoms with E-state index in [0.29, 0.717) is 18.1 Å². The first-order chi connectivity index (χ1) is 8.61. The molecule has 0 heterocycles. The minimum absolute atomic E-state index is 0.385. The molecular weight excluding hydrogens is 220 g/mol. The zero-order valence-electron chi connectivity index (χ0n) is 12.5. The Morgan fingerprint density at radius 2 is 1.78 bits per heavy atom. The topological polar surface area (TPSA) is 15.3 Å². The van der Waals surface area contributed by atoms with Gasteiger partial charge in [0.2, 0.25) is 0 Å². The predicted octanol–water partition coefficient (Wildman–Crippen LogP) is 3.46. The van der Waals surface area contributed by atoms with E-state index >= 15 is 0 Å². The van der Waals surface area contributed by atoms with Gasteiger partial charge in [0, 0.05) is 18.1 Å². The Morgan fingerprint density at radius 3 is 2.28 bits per heavy atom. The van der Waals surface area contributed by atoms with E-state index < -0.39 is 0 Å². The molecule has 0 aromatic heterocycles. The monoisotopic (exact) mass is 248 g/mol. The largest absolute Gasteiger partial charge is 0.312 e. The van der Waals surface area contributed by atoms with Gasteiger partial charge in [-0.3, -0.25) is 4.90 Å². The summed E-state index contributed by atoms with van der Waals surface area (Å²) in [7, 11) is 4.28. The van der Waals surface area contributed by atoms with Crippen LogP contribution < -0.4 is 5.32 Å². The third kappa shape index (κ3) is 3.82. The predicted molar refractivity (Wildman–Crippen MR) is 79.8 cm³/mol. The van der Waals surface area contributed by atoms with Gasteiger partial charge in [-0.05, 0) is 39.9 Å². The normalized spacial score (nSPS) is 16.6. The molecule has 0 aliphatic carbocycles. The van der Waals surface area contributed by atoms with E-state index in [1.54, 1.807) is 0 Å². The van der Waals surface area contributed by atoms with E-state index in [2.05, 4.69) is 68.4 Å². The van der Waals surface area contributed by atoms with Gasteiger partial charge in [-0.1, -0.05) is 43.7 Å². The molecule has 3 unspecified atom stereocenters. The lowest BCUT2D eigenvalue weighted by Gasteiger charge is -2.36. The average molecular weight is 248 g/mol. The fraction of sp³-hybridized carbons (Fsp3) is 0.625. The summed E-state index contributed by atoms with van der Waals surface area (Å²) in [5, 5.41) is 3.45. The van der Waals surface area contributed by atoms with Gasteiger partial charge in [-0.25, -0.2) is 0 Å². The molecule has 102 valence electrons. The molecule has 1 aromatic rings. The summed E-state index contributed by atoms with van der Waals surface area (Å²) < 4.78 is 0. The van der Waals surface area contributed by atoms with Gasteiger partial charge in [0.05, 0.1) is 0 Å². The van der Waals surface area contributed by atoms with Crippen molar-refractivity contribution >= 4 is 0 Å². The molecule has 1 N–H and O–H groups in total. The van der Waals surface area contributed by atoms with Crippen LogP contribution in [0.1, 0.15) is 45.2 Å². The van der Waals surface area contributed by atoms with Crippen molar-refractivity contribution in [3.8, 4) is 0 Å². The summed E-state index contributed by atoms with van der Waals surface area (Å²) in [6, 6.07) is 12.2. The highest BCUT2D eigenvalue weighted by molar-refractivity contribution is 5.20. The van der Waals surface area contributed by atoms with E-state index in [4.69, 9.17) is 0 Å². The van der Waals surface area contributed by atoms with Crippen molar-refractivity contribution in [2.45, 2.75) is 51.7 Å². The van der Waals surface area contributed by atoms with Crippen LogP contribution in [0.2, 0.25) is 0 Å². The van der Waals surface area contributed by atoms with Crippen molar-refractivity contribution in [1.82, 2.24) is 10.2 Å². The van der Waals surface area contributed by atoms with E-state index in [1.165, 1.54) is 18.4 Å². The molecule has 0 aliphatic heterocycles. The van der Waals surface area contributed by atoms with Crippen LogP contribution in [0, 0.1) is 0 Å². The zero-order chi connectivity index (χ0) is 13.5. The van der Waals surface area contributed by atoms with Crippen molar-refractivity contribution in [2.24, 2.45) is 0 Å². The molecular formula is C16H28N2. The van der Waals surface area contributed by atoms with Gasteiger partial charge in [-0.15, -0.1) is 0 Å². The first-order valence-electron chi connectivity index (χ1n) is 7.06. The highest BCUT2D eigenvalue weighted by atomic mass is 15.2. The highest BCUT2D eigenvalue weighted by Crippen LogP contribution is 2.22. The standard InChI is InChI=1S/C16H28N2/c1-6-10-13(2)18(5)14(3)16(17-4)15-11-8-7-9-12-15/h7-9,11-14,16-17H,6,10H2,1-5H3. The Kier molecular flexibility index (Phi) is 6.37. The van der Waals surface area contributed by atoms with Gasteiger partial charge in [0.25, 0.3) is 0 Å². The van der Waals surface area contributed by atoms with Crippen molar-refractivity contribution in [1.29, 1.82) is 0 Å². The zero-order valence-corrected chi connectivity index (χ0v) is 12.5. The SMILES string of the molecule is CCCC(C)N(C)C(C)C(NC)c1ccccc1. The number of hydrogen-bond donors (Lipinski definition) is 1. The van der Waals surface area contributed by atoms with Crippen LogP contribution in [0.3, 0.4) is 0 Å². The van der Waals surface area contributed by atoms with Gasteiger partial charge < -0.3 is 5.32 Å². The number of hydrogen-bond acceptors (Lipinski definition) is 2. The highest BCUT2D eigenvalue weighted by Gasteiger charge is 2.23. The lowest BCUT2D eigenvalue weighted by Crippen LogP contribution is -2.44. The van der Waals surface area contributed by atoms with Crippen LogP contribution in [0.4, 0.5) is 0 Å². The fourth-order valence-corrected chi connectivity index (χ4v) is 2.60. The van der Waals surface area contributed by atoms with E-state index in [1.807, 2.05) is 7.05 Å². The van der Waals surface area contributed by atoms with Crippen LogP contribution >= 0.6 is 0 Å². The number of likely N-dealkylation sites (N-methyl/N-ethyl adjacent to an activating group) is 2. The van der Waals surface area contributed by atoms with Crippen LogP contribution in [0.15, 0.2) is 30.3 Å². The first kappa shape index (κ1) is 15.2. The van der Waals surface area contributed by atoms with E-state index in [-0.39, 0.29) is 0 Å². The molecule has 1 rings (SSSR count). The Labute approximate surface area is 112 Å². The molecule has 0 spiro atoms. The second-order valence-electron chi connectivity index (χ2n) is 5.22. The summed E-state index contributed by atoms with van der Waals surface area (Å²) in [6.07, 6.45) is 2.50. The maximum Gasteiger partial charge on any atom is 0.0472 e. The van der Waals surface area contributed by atoms with Crippen LogP contribution in [0.25, 0.3) is 0 Å². The average Bonchev–Trinajstić information content (AvgIpc) is 2.40. The number of rotatable bonds is 7. The maximum absolute atomic E-state index is 3.45. The minimum Gasteiger partial charge on any atom is -0.312 e. The minimum atomic E-state index is 0.385. The van der Waals surface area contributed by atoms with Gasteiger partial charge in [0.1, 0.15) is 0 Å². The lowest BCUT2D eigenvalue weighted by atomic mass is 9.98. The molecule has 2 heteroatoms. The molecule has 1 aromatic carbocycles. The quantitative estimate of drug-likeness (QED) is 0.795. The van der Waals surface area contributed by atoms with Gasteiger partial charge >= 0.3 is 0 Å². The smallest absolute Gasteiger partial charge is 0.0472 e. The first-order valence-corrected chi connectivity index (χ1v) is 7.06. The van der Waals surface area contributed by atoms with Gasteiger partial charge in [-0.2, -0.15) is 0 Å². The second-order valence-corrected chi connectivity index (χ2v) is 5.22. The summed E-state index contributed by atoms with van der Waals surface area (Å²) in [6.45, 7) is 6.87. The number of nitrogens with zero attached hydrogens (tertiary/aromatic N) is 1.